The molecule has 4 rings (SSSR count). The first kappa shape index (κ1) is 25.3. The van der Waals surface area contributed by atoms with Crippen LogP contribution in [-0.4, -0.2) is 59.1 Å². The van der Waals surface area contributed by atoms with Crippen molar-refractivity contribution in [3.05, 3.63) is 53.6 Å². The van der Waals surface area contributed by atoms with Crippen LogP contribution in [0.2, 0.25) is 0 Å². The molecule has 0 bridgehead atoms. The lowest BCUT2D eigenvalue weighted by Gasteiger charge is -2.29. The third-order valence-corrected chi connectivity index (χ3v) is 9.51. The summed E-state index contributed by atoms with van der Waals surface area (Å²) >= 11 is 0. The third-order valence-electron chi connectivity index (χ3n) is 6.21. The average molecular weight is 519 g/mol. The number of hydrogen-bond donors (Lipinski definition) is 1. The highest BCUT2D eigenvalue weighted by Crippen LogP contribution is 2.32. The number of sulfonamides is 2. The van der Waals surface area contributed by atoms with Crippen LogP contribution in [0.3, 0.4) is 0 Å². The van der Waals surface area contributed by atoms with E-state index in [-0.39, 0.29) is 21.3 Å². The number of carbonyl (C=O) groups is 1. The number of amidine groups is 1. The molecular weight excluding hydrogens is 488 g/mol. The van der Waals surface area contributed by atoms with Crippen molar-refractivity contribution in [2.24, 2.45) is 4.40 Å². The molecule has 2 aliphatic heterocycles. The number of amides is 1. The second kappa shape index (κ2) is 10.1. The van der Waals surface area contributed by atoms with Gasteiger partial charge in [-0.2, -0.15) is 12.7 Å². The van der Waals surface area contributed by atoms with Crippen LogP contribution in [0.5, 0.6) is 0 Å². The van der Waals surface area contributed by atoms with Crippen LogP contribution in [0, 0.1) is 0 Å². The molecule has 0 aromatic heterocycles. The molecular formula is C24H30N4O5S2. The summed E-state index contributed by atoms with van der Waals surface area (Å²) in [5, 5.41) is 2.81. The maximum Gasteiger partial charge on any atom is 0.286 e. The van der Waals surface area contributed by atoms with Gasteiger partial charge in [-0.25, -0.2) is 8.42 Å². The molecule has 9 nitrogen and oxygen atoms in total. The maximum atomic E-state index is 12.7. The zero-order chi connectivity index (χ0) is 25.2. The van der Waals surface area contributed by atoms with Gasteiger partial charge in [0.25, 0.3) is 15.9 Å². The van der Waals surface area contributed by atoms with Gasteiger partial charge in [0.1, 0.15) is 10.7 Å². The first-order valence-corrected chi connectivity index (χ1v) is 14.6. The minimum absolute atomic E-state index is 0.0269. The molecule has 0 spiro atoms. The Morgan fingerprint density at radius 2 is 1.77 bits per heavy atom. The maximum absolute atomic E-state index is 12.7. The monoisotopic (exact) mass is 518 g/mol. The van der Waals surface area contributed by atoms with Crippen LogP contribution < -0.4 is 10.2 Å². The van der Waals surface area contributed by atoms with Crippen molar-refractivity contribution in [1.82, 2.24) is 9.62 Å². The molecule has 0 aliphatic carbocycles. The molecule has 1 saturated heterocycles. The Bertz CT molecular complexity index is 1350. The fourth-order valence-electron chi connectivity index (χ4n) is 4.37. The minimum atomic E-state index is -3.87. The Morgan fingerprint density at radius 3 is 2.43 bits per heavy atom. The first-order valence-electron chi connectivity index (χ1n) is 11.7. The summed E-state index contributed by atoms with van der Waals surface area (Å²) in [4.78, 5) is 14.8. The Hall–Kier alpha value is -2.76. The summed E-state index contributed by atoms with van der Waals surface area (Å²) in [6.07, 6.45) is 3.10. The fourth-order valence-corrected chi connectivity index (χ4v) is 7.15. The largest absolute Gasteiger partial charge is 0.352 e. The summed E-state index contributed by atoms with van der Waals surface area (Å²) in [6, 6.07) is 11.3. The molecule has 2 heterocycles. The molecule has 1 N–H and O–H groups in total. The summed E-state index contributed by atoms with van der Waals surface area (Å²) in [6.45, 7) is 5.72. The number of anilines is 1. The van der Waals surface area contributed by atoms with Gasteiger partial charge in [-0.15, -0.1) is 4.40 Å². The van der Waals surface area contributed by atoms with Gasteiger partial charge in [-0.1, -0.05) is 19.1 Å². The smallest absolute Gasteiger partial charge is 0.286 e. The van der Waals surface area contributed by atoms with Gasteiger partial charge in [-0.05, 0) is 68.5 Å². The molecule has 35 heavy (non-hydrogen) atoms. The van der Waals surface area contributed by atoms with Crippen molar-refractivity contribution < 1.29 is 21.6 Å². The molecule has 1 amide bonds. The molecule has 0 atom stereocenters. The van der Waals surface area contributed by atoms with Gasteiger partial charge >= 0.3 is 0 Å². The zero-order valence-electron chi connectivity index (χ0n) is 19.9. The SMILES string of the molecule is CCCN1C(C)=NS(=O)(=O)c2cc(C(=O)NCCc3ccc(S(=O)(=O)N4CCCC4)cc3)ccc21. The molecule has 2 aliphatic rings. The molecule has 11 heteroatoms. The molecule has 1 fully saturated rings. The number of benzene rings is 2. The van der Waals surface area contributed by atoms with E-state index in [1.165, 1.54) is 10.4 Å². The predicted molar refractivity (Wildman–Crippen MR) is 135 cm³/mol. The molecule has 2 aromatic carbocycles. The van der Waals surface area contributed by atoms with Crippen LogP contribution in [-0.2, 0) is 26.5 Å². The fraction of sp³-hybridized carbons (Fsp3) is 0.417. The lowest BCUT2D eigenvalue weighted by atomic mass is 10.1. The van der Waals surface area contributed by atoms with Gasteiger partial charge in [0.15, 0.2) is 0 Å². The van der Waals surface area contributed by atoms with Crippen LogP contribution >= 0.6 is 0 Å². The van der Waals surface area contributed by atoms with Crippen molar-refractivity contribution in [2.75, 3.05) is 31.1 Å². The van der Waals surface area contributed by atoms with Crippen LogP contribution in [0.1, 0.15) is 49.0 Å². The molecule has 0 unspecified atom stereocenters. The Labute approximate surface area is 207 Å². The van der Waals surface area contributed by atoms with Gasteiger partial charge in [0, 0.05) is 31.7 Å². The lowest BCUT2D eigenvalue weighted by molar-refractivity contribution is 0.0954. The second-order valence-corrected chi connectivity index (χ2v) is 12.2. The van der Waals surface area contributed by atoms with E-state index in [1.54, 1.807) is 43.3 Å². The Morgan fingerprint density at radius 1 is 1.09 bits per heavy atom. The van der Waals surface area contributed by atoms with Gasteiger partial charge < -0.3 is 10.2 Å². The van der Waals surface area contributed by atoms with Crippen LogP contribution in [0.15, 0.2) is 56.7 Å². The quantitative estimate of drug-likeness (QED) is 0.575. The standard InChI is InChI=1S/C24H30N4O5S2/c1-3-14-28-18(2)26-34(30,31)23-17-20(8-11-22(23)28)24(29)25-13-12-19-6-9-21(10-7-19)35(32,33)27-15-4-5-16-27/h6-11,17H,3-5,12-16H2,1-2H3,(H,25,29). The van der Waals surface area contributed by atoms with E-state index in [9.17, 15) is 21.6 Å². The summed E-state index contributed by atoms with van der Waals surface area (Å²) in [5.74, 6) is 0.0281. The topological polar surface area (TPSA) is 116 Å². The minimum Gasteiger partial charge on any atom is -0.352 e. The van der Waals surface area contributed by atoms with Crippen molar-refractivity contribution in [3.8, 4) is 0 Å². The number of hydrogen-bond acceptors (Lipinski definition) is 6. The molecule has 2 aromatic rings. The summed E-state index contributed by atoms with van der Waals surface area (Å²) in [5.41, 5.74) is 1.66. The predicted octanol–water partition coefficient (Wildman–Crippen LogP) is 2.78. The number of nitrogens with zero attached hydrogens (tertiary/aromatic N) is 3. The molecule has 0 saturated carbocycles. The van der Waals surface area contributed by atoms with E-state index in [0.29, 0.717) is 44.1 Å². The van der Waals surface area contributed by atoms with E-state index in [1.807, 2.05) is 11.8 Å². The summed E-state index contributed by atoms with van der Waals surface area (Å²) in [7, 11) is -7.32. The van der Waals surface area contributed by atoms with Gasteiger partial charge in [0.05, 0.1) is 10.6 Å². The molecule has 188 valence electrons. The van der Waals surface area contributed by atoms with Crippen LogP contribution in [0.4, 0.5) is 5.69 Å². The second-order valence-electron chi connectivity index (χ2n) is 8.71. The van der Waals surface area contributed by atoms with Gasteiger partial charge in [-0.3, -0.25) is 4.79 Å². The average Bonchev–Trinajstić information content (AvgIpc) is 3.37. The number of nitrogens with one attached hydrogen (secondary N) is 1. The lowest BCUT2D eigenvalue weighted by Crippen LogP contribution is -2.35. The van der Waals surface area contributed by atoms with E-state index >= 15 is 0 Å². The highest BCUT2D eigenvalue weighted by Gasteiger charge is 2.30. The highest BCUT2D eigenvalue weighted by molar-refractivity contribution is 7.90. The van der Waals surface area contributed by atoms with Crippen LogP contribution in [0.25, 0.3) is 0 Å². The van der Waals surface area contributed by atoms with Crippen molar-refractivity contribution in [2.45, 2.75) is 49.3 Å². The van der Waals surface area contributed by atoms with E-state index in [4.69, 9.17) is 0 Å². The van der Waals surface area contributed by atoms with Crippen molar-refractivity contribution in [1.29, 1.82) is 0 Å². The Kier molecular flexibility index (Phi) is 7.30. The highest BCUT2D eigenvalue weighted by atomic mass is 32.2. The van der Waals surface area contributed by atoms with Crippen molar-refractivity contribution in [3.63, 3.8) is 0 Å². The van der Waals surface area contributed by atoms with E-state index in [0.717, 1.165) is 24.8 Å². The molecule has 0 radical (unpaired) electrons. The summed E-state index contributed by atoms with van der Waals surface area (Å²) < 4.78 is 55.8. The third kappa shape index (κ3) is 5.26. The number of rotatable bonds is 8. The first-order chi connectivity index (χ1) is 16.6. The van der Waals surface area contributed by atoms with Gasteiger partial charge in [0.2, 0.25) is 10.0 Å². The van der Waals surface area contributed by atoms with Crippen molar-refractivity contribution >= 4 is 37.5 Å². The van der Waals surface area contributed by atoms with E-state index < -0.39 is 20.0 Å². The normalized spacial score (nSPS) is 17.7. The number of fused-ring (bicyclic) bond motifs is 1. The number of carbonyl (C=O) groups excluding carboxylic acids is 1. The van der Waals surface area contributed by atoms with E-state index in [2.05, 4.69) is 9.71 Å². The Balaban J connectivity index is 1.40. The zero-order valence-corrected chi connectivity index (χ0v) is 21.5.